The van der Waals surface area contributed by atoms with Crippen LogP contribution in [0.4, 0.5) is 0 Å². The number of aromatic nitrogens is 3. The normalized spacial score (nSPS) is 11.6. The fourth-order valence-corrected chi connectivity index (χ4v) is 9.19. The van der Waals surface area contributed by atoms with E-state index >= 15 is 0 Å². The van der Waals surface area contributed by atoms with Gasteiger partial charge in [-0.1, -0.05) is 164 Å². The molecule has 0 unspecified atom stereocenters. The minimum atomic E-state index is 0.650. The van der Waals surface area contributed by atoms with Crippen molar-refractivity contribution in [2.75, 3.05) is 0 Å². The Balaban J connectivity index is 1.17. The first-order valence-corrected chi connectivity index (χ1v) is 19.3. The summed E-state index contributed by atoms with van der Waals surface area (Å²) in [5.41, 5.74) is 6.56. The Bertz CT molecular complexity index is 3240. The highest BCUT2D eigenvalue weighted by Crippen LogP contribution is 2.44. The van der Waals surface area contributed by atoms with Gasteiger partial charge in [0, 0.05) is 15.8 Å². The van der Waals surface area contributed by atoms with E-state index in [1.807, 2.05) is 6.07 Å². The third-order valence-corrected chi connectivity index (χ3v) is 11.9. The van der Waals surface area contributed by atoms with Crippen molar-refractivity contribution in [3.63, 3.8) is 0 Å². The molecule has 0 saturated carbocycles. The van der Waals surface area contributed by atoms with Crippen molar-refractivity contribution in [2.24, 2.45) is 0 Å². The van der Waals surface area contributed by atoms with Gasteiger partial charge in [0.1, 0.15) is 0 Å². The summed E-state index contributed by atoms with van der Waals surface area (Å²) in [6, 6.07) is 67.0. The van der Waals surface area contributed by atoms with E-state index in [0.717, 1.165) is 37.9 Å². The number of nitrogens with zero attached hydrogens (tertiary/aromatic N) is 3. The van der Waals surface area contributed by atoms with Crippen LogP contribution < -0.4 is 0 Å². The second kappa shape index (κ2) is 12.8. The van der Waals surface area contributed by atoms with E-state index in [1.54, 1.807) is 11.3 Å². The Morgan fingerprint density at radius 2 is 0.891 bits per heavy atom. The Hall–Kier alpha value is -7.01. The van der Waals surface area contributed by atoms with Crippen LogP contribution in [0, 0.1) is 0 Å². The third-order valence-electron chi connectivity index (χ3n) is 10.7. The van der Waals surface area contributed by atoms with Gasteiger partial charge >= 0.3 is 0 Å². The van der Waals surface area contributed by atoms with E-state index in [4.69, 9.17) is 15.0 Å². The van der Waals surface area contributed by atoms with Gasteiger partial charge in [0.05, 0.1) is 4.88 Å². The minimum Gasteiger partial charge on any atom is -0.208 e. The maximum atomic E-state index is 5.31. The lowest BCUT2D eigenvalue weighted by Crippen LogP contribution is -2.01. The van der Waals surface area contributed by atoms with Crippen LogP contribution in [0.1, 0.15) is 0 Å². The molecular weight excluding hydrogens is 687 g/mol. The summed E-state index contributed by atoms with van der Waals surface area (Å²) < 4.78 is 1.20. The third kappa shape index (κ3) is 5.30. The van der Waals surface area contributed by atoms with Crippen LogP contribution in [0.2, 0.25) is 0 Å². The average Bonchev–Trinajstić information content (AvgIpc) is 3.70. The number of thiophene rings is 1. The van der Waals surface area contributed by atoms with E-state index in [2.05, 4.69) is 182 Å². The van der Waals surface area contributed by atoms with Crippen LogP contribution in [0.15, 0.2) is 188 Å². The predicted octanol–water partition coefficient (Wildman–Crippen LogP) is 14.0. The second-order valence-corrected chi connectivity index (χ2v) is 15.0. The maximum Gasteiger partial charge on any atom is 0.174 e. The second-order valence-electron chi connectivity index (χ2n) is 13.9. The quantitative estimate of drug-likeness (QED) is 0.131. The summed E-state index contributed by atoms with van der Waals surface area (Å²) in [4.78, 5) is 16.8. The lowest BCUT2D eigenvalue weighted by atomic mass is 9.87. The van der Waals surface area contributed by atoms with Gasteiger partial charge in [0.15, 0.2) is 17.5 Å². The Morgan fingerprint density at radius 3 is 1.69 bits per heavy atom. The molecule has 11 rings (SSSR count). The molecule has 0 aliphatic carbocycles. The summed E-state index contributed by atoms with van der Waals surface area (Å²) in [6.45, 7) is 0. The molecule has 2 aromatic heterocycles. The van der Waals surface area contributed by atoms with Crippen LogP contribution in [-0.4, -0.2) is 15.0 Å². The summed E-state index contributed by atoms with van der Waals surface area (Å²) in [5, 5.41) is 10.9. The molecule has 11 aromatic rings. The summed E-state index contributed by atoms with van der Waals surface area (Å²) in [5.74, 6) is 1.97. The maximum absolute atomic E-state index is 5.31. The van der Waals surface area contributed by atoms with Gasteiger partial charge in [-0.2, -0.15) is 0 Å². The molecule has 0 radical (unpaired) electrons. The van der Waals surface area contributed by atoms with Crippen LogP contribution in [0.3, 0.4) is 0 Å². The molecule has 0 aliphatic rings. The average molecular weight is 718 g/mol. The van der Waals surface area contributed by atoms with Gasteiger partial charge in [-0.05, 0) is 95.0 Å². The van der Waals surface area contributed by atoms with Crippen molar-refractivity contribution in [3.8, 4) is 55.7 Å². The van der Waals surface area contributed by atoms with Crippen LogP contribution in [-0.2, 0) is 0 Å². The number of hydrogen-bond acceptors (Lipinski definition) is 4. The van der Waals surface area contributed by atoms with E-state index in [9.17, 15) is 0 Å². The first kappa shape index (κ1) is 31.5. The van der Waals surface area contributed by atoms with E-state index in [1.165, 1.54) is 53.5 Å². The van der Waals surface area contributed by atoms with Crippen LogP contribution >= 0.6 is 11.3 Å². The smallest absolute Gasteiger partial charge is 0.174 e. The molecule has 0 N–H and O–H groups in total. The zero-order valence-corrected chi connectivity index (χ0v) is 30.5. The van der Waals surface area contributed by atoms with Gasteiger partial charge in [0.2, 0.25) is 0 Å². The van der Waals surface area contributed by atoms with Crippen molar-refractivity contribution >= 4 is 64.5 Å². The van der Waals surface area contributed by atoms with Gasteiger partial charge < -0.3 is 0 Å². The molecule has 4 heteroatoms. The predicted molar refractivity (Wildman–Crippen MR) is 232 cm³/mol. The minimum absolute atomic E-state index is 0.650. The first-order chi connectivity index (χ1) is 27.3. The first-order valence-electron chi connectivity index (χ1n) is 18.5. The molecular formula is C51H31N3S. The largest absolute Gasteiger partial charge is 0.208 e. The SMILES string of the molecule is c1ccc(-c2ccccc2-c2nc(-c3cc4ccccc4s3)nc(-c3ccc(-c4c5ccccc5cc5c4ccc4ccccc45)c4ccccc34)n2)cc1. The molecule has 3 nitrogen and oxygen atoms in total. The molecule has 0 bridgehead atoms. The van der Waals surface area contributed by atoms with Crippen LogP contribution in [0.25, 0.3) is 109 Å². The Labute approximate surface area is 321 Å². The molecule has 2 heterocycles. The fourth-order valence-electron chi connectivity index (χ4n) is 8.19. The number of rotatable bonds is 5. The molecule has 0 amide bonds. The number of hydrogen-bond donors (Lipinski definition) is 0. The molecule has 0 saturated heterocycles. The summed E-state index contributed by atoms with van der Waals surface area (Å²) in [7, 11) is 0. The topological polar surface area (TPSA) is 38.7 Å². The van der Waals surface area contributed by atoms with Crippen molar-refractivity contribution < 1.29 is 0 Å². The molecule has 0 fully saturated rings. The zero-order valence-electron chi connectivity index (χ0n) is 29.6. The van der Waals surface area contributed by atoms with Crippen molar-refractivity contribution in [3.05, 3.63) is 188 Å². The highest BCUT2D eigenvalue weighted by atomic mass is 32.1. The Kier molecular flexibility index (Phi) is 7.35. The summed E-state index contributed by atoms with van der Waals surface area (Å²) >= 11 is 1.71. The van der Waals surface area contributed by atoms with Crippen molar-refractivity contribution in [1.82, 2.24) is 15.0 Å². The van der Waals surface area contributed by atoms with Crippen molar-refractivity contribution in [2.45, 2.75) is 0 Å². The van der Waals surface area contributed by atoms with Gasteiger partial charge in [-0.3, -0.25) is 0 Å². The zero-order chi connectivity index (χ0) is 36.3. The molecule has 256 valence electrons. The Morgan fingerprint density at radius 1 is 0.309 bits per heavy atom. The van der Waals surface area contributed by atoms with Crippen molar-refractivity contribution in [1.29, 1.82) is 0 Å². The molecule has 0 aliphatic heterocycles. The lowest BCUT2D eigenvalue weighted by Gasteiger charge is -2.17. The van der Waals surface area contributed by atoms with E-state index in [0.29, 0.717) is 17.5 Å². The molecule has 0 spiro atoms. The molecule has 55 heavy (non-hydrogen) atoms. The standard InChI is InChI=1S/C51H31N3S/c1-2-14-32(15-3-1)36-19-9-12-24-43(36)49-52-50(54-51(53-49)47-31-35-18-6-13-25-46(35)55-47)44-29-28-41(39-22-10-11-23-40(39)44)48-38-21-8-5-17-34(38)30-45-37-20-7-4-16-33(37)26-27-42(45)48/h1-31H. The summed E-state index contributed by atoms with van der Waals surface area (Å²) in [6.07, 6.45) is 0. The van der Waals surface area contributed by atoms with E-state index < -0.39 is 0 Å². The van der Waals surface area contributed by atoms with Crippen LogP contribution in [0.5, 0.6) is 0 Å². The fraction of sp³-hybridized carbons (Fsp3) is 0. The molecule has 9 aromatic carbocycles. The number of fused-ring (bicyclic) bond motifs is 6. The van der Waals surface area contributed by atoms with Gasteiger partial charge in [-0.25, -0.2) is 15.0 Å². The highest BCUT2D eigenvalue weighted by Gasteiger charge is 2.20. The van der Waals surface area contributed by atoms with Gasteiger partial charge in [-0.15, -0.1) is 11.3 Å². The highest BCUT2D eigenvalue weighted by molar-refractivity contribution is 7.22. The monoisotopic (exact) mass is 717 g/mol. The lowest BCUT2D eigenvalue weighted by molar-refractivity contribution is 1.08. The number of benzene rings is 9. The molecule has 0 atom stereocenters. The van der Waals surface area contributed by atoms with E-state index in [-0.39, 0.29) is 0 Å². The van der Waals surface area contributed by atoms with Gasteiger partial charge in [0.25, 0.3) is 0 Å².